The van der Waals surface area contributed by atoms with Gasteiger partial charge in [-0.05, 0) is 31.0 Å². The molecule has 1 aliphatic rings. The number of benzene rings is 1. The lowest BCUT2D eigenvalue weighted by Crippen LogP contribution is -2.29. The number of hydrogen-bond donors (Lipinski definition) is 1. The zero-order valence-corrected chi connectivity index (χ0v) is 10.6. The average molecular weight is 249 g/mol. The van der Waals surface area contributed by atoms with Gasteiger partial charge in [0.15, 0.2) is 0 Å². The highest BCUT2D eigenvalue weighted by molar-refractivity contribution is 5.94. The van der Waals surface area contributed by atoms with E-state index in [9.17, 15) is 9.90 Å². The number of amides is 1. The van der Waals surface area contributed by atoms with Crippen molar-refractivity contribution in [2.24, 2.45) is 0 Å². The van der Waals surface area contributed by atoms with Gasteiger partial charge >= 0.3 is 0 Å². The van der Waals surface area contributed by atoms with Gasteiger partial charge < -0.3 is 14.7 Å². The van der Waals surface area contributed by atoms with Gasteiger partial charge in [0, 0.05) is 18.7 Å². The van der Waals surface area contributed by atoms with Gasteiger partial charge in [0.1, 0.15) is 5.75 Å². The lowest BCUT2D eigenvalue weighted by molar-refractivity contribution is 0.0764. The number of nitrogens with zero attached hydrogens (tertiary/aromatic N) is 1. The molecular formula is C14H19NO3. The maximum Gasteiger partial charge on any atom is 0.254 e. The Morgan fingerprint density at radius 1 is 1.56 bits per heavy atom. The van der Waals surface area contributed by atoms with Crippen LogP contribution in [0.1, 0.15) is 30.1 Å². The van der Waals surface area contributed by atoms with Gasteiger partial charge in [-0.2, -0.15) is 0 Å². The second kappa shape index (κ2) is 5.87. The Hall–Kier alpha value is -1.55. The lowest BCUT2D eigenvalue weighted by Gasteiger charge is -2.16. The molecule has 0 unspecified atom stereocenters. The fraction of sp³-hybridized carbons (Fsp3) is 0.500. The van der Waals surface area contributed by atoms with E-state index >= 15 is 0 Å². The fourth-order valence-corrected chi connectivity index (χ4v) is 2.05. The molecule has 0 spiro atoms. The molecule has 1 amide bonds. The first-order valence-electron chi connectivity index (χ1n) is 6.41. The standard InChI is InChI=1S/C14H19NO3/c1-2-8-18-13-5-3-4-11(9-13)14(17)15-7-6-12(16)10-15/h3-5,9,12,16H,2,6-8,10H2,1H3/t12-/m1/s1. The SMILES string of the molecule is CCCOc1cccc(C(=O)N2CC[C@@H](O)C2)c1. The number of carbonyl (C=O) groups is 1. The Kier molecular flexibility index (Phi) is 4.20. The normalized spacial score (nSPS) is 19.0. The molecule has 1 atom stereocenters. The first-order valence-corrected chi connectivity index (χ1v) is 6.41. The molecule has 1 fully saturated rings. The van der Waals surface area contributed by atoms with E-state index in [1.54, 1.807) is 17.0 Å². The van der Waals surface area contributed by atoms with Crippen molar-refractivity contribution in [1.82, 2.24) is 4.90 Å². The zero-order valence-electron chi connectivity index (χ0n) is 10.6. The number of aliphatic hydroxyl groups excluding tert-OH is 1. The van der Waals surface area contributed by atoms with E-state index in [-0.39, 0.29) is 12.0 Å². The van der Waals surface area contributed by atoms with Crippen molar-refractivity contribution in [3.05, 3.63) is 29.8 Å². The Bertz CT molecular complexity index is 419. The molecule has 1 aromatic rings. The van der Waals surface area contributed by atoms with Crippen molar-refractivity contribution >= 4 is 5.91 Å². The van der Waals surface area contributed by atoms with Gasteiger partial charge in [0.05, 0.1) is 12.7 Å². The summed E-state index contributed by atoms with van der Waals surface area (Å²) in [6, 6.07) is 7.23. The van der Waals surface area contributed by atoms with E-state index < -0.39 is 0 Å². The molecule has 1 saturated heterocycles. The maximum absolute atomic E-state index is 12.2. The maximum atomic E-state index is 12.2. The van der Waals surface area contributed by atoms with Crippen molar-refractivity contribution in [2.45, 2.75) is 25.9 Å². The number of carbonyl (C=O) groups excluding carboxylic acids is 1. The Morgan fingerprint density at radius 3 is 3.06 bits per heavy atom. The first kappa shape index (κ1) is 12.9. The molecule has 4 nitrogen and oxygen atoms in total. The summed E-state index contributed by atoms with van der Waals surface area (Å²) in [7, 11) is 0. The smallest absolute Gasteiger partial charge is 0.254 e. The number of rotatable bonds is 4. The van der Waals surface area contributed by atoms with Gasteiger partial charge in [-0.25, -0.2) is 0 Å². The monoisotopic (exact) mass is 249 g/mol. The van der Waals surface area contributed by atoms with E-state index in [1.807, 2.05) is 19.1 Å². The van der Waals surface area contributed by atoms with Crippen LogP contribution < -0.4 is 4.74 Å². The summed E-state index contributed by atoms with van der Waals surface area (Å²) in [5.74, 6) is 0.691. The van der Waals surface area contributed by atoms with Crippen molar-refractivity contribution in [3.63, 3.8) is 0 Å². The minimum atomic E-state index is -0.381. The summed E-state index contributed by atoms with van der Waals surface area (Å²) in [6.45, 7) is 3.75. The molecule has 0 bridgehead atoms. The molecule has 1 aliphatic heterocycles. The summed E-state index contributed by atoms with van der Waals surface area (Å²) in [4.78, 5) is 13.9. The van der Waals surface area contributed by atoms with Crippen molar-refractivity contribution in [3.8, 4) is 5.75 Å². The summed E-state index contributed by atoms with van der Waals surface area (Å²) < 4.78 is 5.51. The van der Waals surface area contributed by atoms with Gasteiger partial charge in [-0.1, -0.05) is 13.0 Å². The van der Waals surface area contributed by atoms with Gasteiger partial charge in [-0.15, -0.1) is 0 Å². The Labute approximate surface area is 107 Å². The van der Waals surface area contributed by atoms with Gasteiger partial charge in [0.25, 0.3) is 5.91 Å². The van der Waals surface area contributed by atoms with Crippen molar-refractivity contribution in [2.75, 3.05) is 19.7 Å². The predicted molar refractivity (Wildman–Crippen MR) is 68.8 cm³/mol. The fourth-order valence-electron chi connectivity index (χ4n) is 2.05. The third kappa shape index (κ3) is 3.01. The van der Waals surface area contributed by atoms with E-state index in [0.29, 0.717) is 31.7 Å². The first-order chi connectivity index (χ1) is 8.70. The molecule has 4 heteroatoms. The second-order valence-electron chi connectivity index (χ2n) is 4.57. The highest BCUT2D eigenvalue weighted by Crippen LogP contribution is 2.18. The molecule has 2 rings (SSSR count). The summed E-state index contributed by atoms with van der Waals surface area (Å²) in [5, 5.41) is 9.45. The number of ether oxygens (including phenoxy) is 1. The average Bonchev–Trinajstić information content (AvgIpc) is 2.82. The Morgan fingerprint density at radius 2 is 2.39 bits per heavy atom. The zero-order chi connectivity index (χ0) is 13.0. The molecular weight excluding hydrogens is 230 g/mol. The summed E-state index contributed by atoms with van der Waals surface area (Å²) in [6.07, 6.45) is 1.22. The second-order valence-corrected chi connectivity index (χ2v) is 4.57. The summed E-state index contributed by atoms with van der Waals surface area (Å²) >= 11 is 0. The molecule has 1 aromatic carbocycles. The number of hydrogen-bond acceptors (Lipinski definition) is 3. The predicted octanol–water partition coefficient (Wildman–Crippen LogP) is 1.68. The van der Waals surface area contributed by atoms with E-state index in [1.165, 1.54) is 0 Å². The highest BCUT2D eigenvalue weighted by atomic mass is 16.5. The van der Waals surface area contributed by atoms with Crippen LogP contribution in [0.2, 0.25) is 0 Å². The van der Waals surface area contributed by atoms with E-state index in [4.69, 9.17) is 4.74 Å². The van der Waals surface area contributed by atoms with Crippen LogP contribution in [-0.4, -0.2) is 41.7 Å². The van der Waals surface area contributed by atoms with E-state index in [0.717, 1.165) is 12.2 Å². The minimum absolute atomic E-state index is 0.0338. The van der Waals surface area contributed by atoms with Gasteiger partial charge in [0.2, 0.25) is 0 Å². The molecule has 1 heterocycles. The molecule has 1 N–H and O–H groups in total. The third-order valence-electron chi connectivity index (χ3n) is 3.00. The molecule has 0 radical (unpaired) electrons. The molecule has 98 valence electrons. The van der Waals surface area contributed by atoms with Crippen molar-refractivity contribution < 1.29 is 14.6 Å². The third-order valence-corrected chi connectivity index (χ3v) is 3.00. The topological polar surface area (TPSA) is 49.8 Å². The van der Waals surface area contributed by atoms with Gasteiger partial charge in [-0.3, -0.25) is 4.79 Å². The Balaban J connectivity index is 2.05. The molecule has 0 aromatic heterocycles. The quantitative estimate of drug-likeness (QED) is 0.883. The minimum Gasteiger partial charge on any atom is -0.494 e. The van der Waals surface area contributed by atoms with Crippen molar-refractivity contribution in [1.29, 1.82) is 0 Å². The molecule has 18 heavy (non-hydrogen) atoms. The number of β-amino-alcohol motifs (C(OH)–C–C–N with tert-alkyl or cyclic N) is 1. The van der Waals surface area contributed by atoms with Crippen LogP contribution in [0.15, 0.2) is 24.3 Å². The number of likely N-dealkylation sites (tertiary alicyclic amines) is 1. The van der Waals surface area contributed by atoms with Crippen LogP contribution in [0.25, 0.3) is 0 Å². The highest BCUT2D eigenvalue weighted by Gasteiger charge is 2.25. The van der Waals surface area contributed by atoms with Crippen LogP contribution in [0, 0.1) is 0 Å². The van der Waals surface area contributed by atoms with Crippen LogP contribution in [0.4, 0.5) is 0 Å². The molecule has 0 aliphatic carbocycles. The largest absolute Gasteiger partial charge is 0.494 e. The van der Waals surface area contributed by atoms with E-state index in [2.05, 4.69) is 0 Å². The van der Waals surface area contributed by atoms with Crippen LogP contribution in [0.3, 0.4) is 0 Å². The summed E-state index contributed by atoms with van der Waals surface area (Å²) in [5.41, 5.74) is 0.623. The van der Waals surface area contributed by atoms with Crippen LogP contribution in [0.5, 0.6) is 5.75 Å². The van der Waals surface area contributed by atoms with Crippen LogP contribution >= 0.6 is 0 Å². The lowest BCUT2D eigenvalue weighted by atomic mass is 10.2. The molecule has 0 saturated carbocycles. The number of aliphatic hydroxyl groups is 1. The van der Waals surface area contributed by atoms with Crippen LogP contribution in [-0.2, 0) is 0 Å².